The fourth-order valence-corrected chi connectivity index (χ4v) is 3.92. The summed E-state index contributed by atoms with van der Waals surface area (Å²) in [5, 5.41) is 15.5. The van der Waals surface area contributed by atoms with Gasteiger partial charge < -0.3 is 14.5 Å². The molecular weight excluding hydrogens is 336 g/mol. The molecule has 0 spiro atoms. The van der Waals surface area contributed by atoms with Crippen LogP contribution in [0.5, 0.6) is 0 Å². The van der Waals surface area contributed by atoms with Gasteiger partial charge in [0, 0.05) is 32.0 Å². The number of aryl methyl sites for hydroxylation is 1. The topological polar surface area (TPSA) is 75.3 Å². The number of anilines is 1. The lowest BCUT2D eigenvalue weighted by Crippen LogP contribution is -2.37. The highest BCUT2D eigenvalue weighted by molar-refractivity contribution is 7.13. The second kappa shape index (κ2) is 6.93. The minimum Gasteiger partial charge on any atom is -0.396 e. The highest BCUT2D eigenvalue weighted by Gasteiger charge is 2.23. The second-order valence-corrected chi connectivity index (χ2v) is 7.33. The molecule has 0 amide bonds. The Bertz CT molecular complexity index is 847. The van der Waals surface area contributed by atoms with Gasteiger partial charge in [0.25, 0.3) is 0 Å². The van der Waals surface area contributed by atoms with Crippen molar-refractivity contribution >= 4 is 17.3 Å². The quantitative estimate of drug-likeness (QED) is 0.772. The predicted octanol–water partition coefficient (Wildman–Crippen LogP) is 3.38. The molecule has 4 heterocycles. The molecule has 0 aliphatic carbocycles. The van der Waals surface area contributed by atoms with Gasteiger partial charge in [0.1, 0.15) is 0 Å². The lowest BCUT2D eigenvalue weighted by molar-refractivity contribution is 0.208. The summed E-state index contributed by atoms with van der Waals surface area (Å²) in [6.45, 7) is 3.82. The molecule has 130 valence electrons. The Hall–Kier alpha value is -2.25. The standard InChI is InChI=1S/C18H20N4O2S/c1-12-8-15(24-21-12)14-9-19-18(20-17(14)16-5-3-7-25-16)22-6-2-4-13(10-22)11-23/h3,5,7-9,13,23H,2,4,6,10-11H2,1H3/t13-/m0/s1. The molecule has 0 unspecified atom stereocenters. The number of aliphatic hydroxyl groups is 1. The zero-order chi connectivity index (χ0) is 17.2. The molecule has 1 fully saturated rings. The van der Waals surface area contributed by atoms with E-state index in [1.165, 1.54) is 0 Å². The van der Waals surface area contributed by atoms with Crippen LogP contribution in [0.3, 0.4) is 0 Å². The summed E-state index contributed by atoms with van der Waals surface area (Å²) in [7, 11) is 0. The average Bonchev–Trinajstić information content (AvgIpc) is 3.33. The maximum Gasteiger partial charge on any atom is 0.225 e. The van der Waals surface area contributed by atoms with Gasteiger partial charge in [-0.05, 0) is 37.1 Å². The van der Waals surface area contributed by atoms with E-state index in [9.17, 15) is 5.11 Å². The van der Waals surface area contributed by atoms with E-state index in [1.54, 1.807) is 11.3 Å². The van der Waals surface area contributed by atoms with Crippen LogP contribution in [-0.2, 0) is 0 Å². The monoisotopic (exact) mass is 356 g/mol. The second-order valence-electron chi connectivity index (χ2n) is 6.38. The van der Waals surface area contributed by atoms with Crippen molar-refractivity contribution in [1.29, 1.82) is 0 Å². The van der Waals surface area contributed by atoms with E-state index in [4.69, 9.17) is 9.51 Å². The molecule has 0 radical (unpaired) electrons. The smallest absolute Gasteiger partial charge is 0.225 e. The van der Waals surface area contributed by atoms with Crippen molar-refractivity contribution in [1.82, 2.24) is 15.1 Å². The Kier molecular flexibility index (Phi) is 4.50. The van der Waals surface area contributed by atoms with Crippen LogP contribution in [0.1, 0.15) is 18.5 Å². The van der Waals surface area contributed by atoms with Crippen LogP contribution in [0.4, 0.5) is 5.95 Å². The van der Waals surface area contributed by atoms with Gasteiger partial charge in [-0.1, -0.05) is 11.2 Å². The molecule has 0 saturated carbocycles. The maximum absolute atomic E-state index is 9.47. The van der Waals surface area contributed by atoms with Crippen molar-refractivity contribution in [3.63, 3.8) is 0 Å². The fourth-order valence-electron chi connectivity index (χ4n) is 3.19. The highest BCUT2D eigenvalue weighted by atomic mass is 32.1. The molecule has 3 aromatic heterocycles. The van der Waals surface area contributed by atoms with Crippen LogP contribution in [0.25, 0.3) is 21.9 Å². The summed E-state index contributed by atoms with van der Waals surface area (Å²) in [6, 6.07) is 5.97. The van der Waals surface area contributed by atoms with E-state index in [0.717, 1.165) is 47.8 Å². The summed E-state index contributed by atoms with van der Waals surface area (Å²) in [6.07, 6.45) is 3.92. The van der Waals surface area contributed by atoms with Crippen molar-refractivity contribution < 1.29 is 9.63 Å². The molecule has 4 rings (SSSR count). The highest BCUT2D eigenvalue weighted by Crippen LogP contribution is 2.34. The molecule has 0 aromatic carbocycles. The SMILES string of the molecule is Cc1cc(-c2cnc(N3CCC[C@H](CO)C3)nc2-c2cccs2)on1. The largest absolute Gasteiger partial charge is 0.396 e. The van der Waals surface area contributed by atoms with Crippen molar-refractivity contribution in [3.05, 3.63) is 35.5 Å². The zero-order valence-corrected chi connectivity index (χ0v) is 14.9. The van der Waals surface area contributed by atoms with E-state index < -0.39 is 0 Å². The van der Waals surface area contributed by atoms with Gasteiger partial charge in [-0.25, -0.2) is 9.97 Å². The molecule has 1 atom stereocenters. The Morgan fingerprint density at radius 2 is 2.36 bits per heavy atom. The lowest BCUT2D eigenvalue weighted by atomic mass is 9.99. The molecule has 25 heavy (non-hydrogen) atoms. The van der Waals surface area contributed by atoms with Crippen LogP contribution in [0.15, 0.2) is 34.3 Å². The zero-order valence-electron chi connectivity index (χ0n) is 14.1. The Balaban J connectivity index is 1.75. The number of hydrogen-bond acceptors (Lipinski definition) is 7. The summed E-state index contributed by atoms with van der Waals surface area (Å²) in [4.78, 5) is 12.7. The van der Waals surface area contributed by atoms with Gasteiger partial charge in [0.05, 0.1) is 21.8 Å². The van der Waals surface area contributed by atoms with E-state index in [2.05, 4.69) is 21.1 Å². The molecule has 1 N–H and O–H groups in total. The van der Waals surface area contributed by atoms with E-state index in [1.807, 2.05) is 30.6 Å². The van der Waals surface area contributed by atoms with Crippen LogP contribution >= 0.6 is 11.3 Å². The summed E-state index contributed by atoms with van der Waals surface area (Å²) >= 11 is 1.64. The minimum absolute atomic E-state index is 0.212. The van der Waals surface area contributed by atoms with Crippen LogP contribution < -0.4 is 4.90 Å². The Labute approximate surface area is 150 Å². The van der Waals surface area contributed by atoms with Crippen LogP contribution in [0.2, 0.25) is 0 Å². The molecular formula is C18H20N4O2S. The first-order chi connectivity index (χ1) is 12.2. The van der Waals surface area contributed by atoms with Gasteiger partial charge in [0.15, 0.2) is 5.76 Å². The van der Waals surface area contributed by atoms with E-state index in [0.29, 0.717) is 17.6 Å². The molecule has 1 saturated heterocycles. The minimum atomic E-state index is 0.212. The Morgan fingerprint density at radius 1 is 1.44 bits per heavy atom. The van der Waals surface area contributed by atoms with E-state index in [-0.39, 0.29) is 6.61 Å². The van der Waals surface area contributed by atoms with Crippen LogP contribution in [0, 0.1) is 12.8 Å². The normalized spacial score (nSPS) is 17.8. The summed E-state index contributed by atoms with van der Waals surface area (Å²) in [5.41, 5.74) is 2.54. The van der Waals surface area contributed by atoms with Gasteiger partial charge in [-0.3, -0.25) is 0 Å². The number of nitrogens with zero attached hydrogens (tertiary/aromatic N) is 4. The third-order valence-electron chi connectivity index (χ3n) is 4.48. The number of aromatic nitrogens is 3. The van der Waals surface area contributed by atoms with Crippen molar-refractivity contribution in [2.24, 2.45) is 5.92 Å². The number of aliphatic hydroxyl groups excluding tert-OH is 1. The molecule has 1 aliphatic heterocycles. The molecule has 1 aliphatic rings. The first-order valence-corrected chi connectivity index (χ1v) is 9.33. The van der Waals surface area contributed by atoms with Crippen molar-refractivity contribution in [3.8, 4) is 21.9 Å². The van der Waals surface area contributed by atoms with Gasteiger partial charge >= 0.3 is 0 Å². The first kappa shape index (κ1) is 16.2. The summed E-state index contributed by atoms with van der Waals surface area (Å²) in [5.74, 6) is 1.68. The van der Waals surface area contributed by atoms with Crippen LogP contribution in [-0.4, -0.2) is 39.9 Å². The van der Waals surface area contributed by atoms with E-state index >= 15 is 0 Å². The molecule has 7 heteroatoms. The lowest BCUT2D eigenvalue weighted by Gasteiger charge is -2.32. The van der Waals surface area contributed by atoms with Gasteiger partial charge in [-0.2, -0.15) is 0 Å². The molecule has 0 bridgehead atoms. The number of hydrogen-bond donors (Lipinski definition) is 1. The third-order valence-corrected chi connectivity index (χ3v) is 5.36. The number of thiophene rings is 1. The summed E-state index contributed by atoms with van der Waals surface area (Å²) < 4.78 is 5.44. The predicted molar refractivity (Wildman–Crippen MR) is 97.6 cm³/mol. The fraction of sp³-hybridized carbons (Fsp3) is 0.389. The van der Waals surface area contributed by atoms with Gasteiger partial charge in [-0.15, -0.1) is 11.3 Å². The molecule has 6 nitrogen and oxygen atoms in total. The van der Waals surface area contributed by atoms with Crippen molar-refractivity contribution in [2.75, 3.05) is 24.6 Å². The molecule has 3 aromatic rings. The average molecular weight is 356 g/mol. The third kappa shape index (κ3) is 3.29. The number of rotatable bonds is 4. The maximum atomic E-state index is 9.47. The Morgan fingerprint density at radius 3 is 3.08 bits per heavy atom. The number of piperidine rings is 1. The van der Waals surface area contributed by atoms with Crippen molar-refractivity contribution in [2.45, 2.75) is 19.8 Å². The van der Waals surface area contributed by atoms with Gasteiger partial charge in [0.2, 0.25) is 5.95 Å². The first-order valence-electron chi connectivity index (χ1n) is 8.45.